The van der Waals surface area contributed by atoms with Crippen LogP contribution in [0.1, 0.15) is 25.3 Å². The molecule has 6 heteroatoms. The van der Waals surface area contributed by atoms with Crippen LogP contribution in [0, 0.1) is 0 Å². The van der Waals surface area contributed by atoms with Gasteiger partial charge in [0.05, 0.1) is 12.1 Å². The minimum absolute atomic E-state index is 0.0561. The lowest BCUT2D eigenvalue weighted by Crippen LogP contribution is -2.41. The molecule has 26 heavy (non-hydrogen) atoms. The maximum atomic E-state index is 13.0. The molecule has 0 aliphatic heterocycles. The molecular weight excluding hydrogens is 373 g/mol. The van der Waals surface area contributed by atoms with Gasteiger partial charge in [0.25, 0.3) is 5.91 Å². The van der Waals surface area contributed by atoms with Gasteiger partial charge in [-0.3, -0.25) is 4.79 Å². The molecule has 2 aromatic rings. The maximum absolute atomic E-state index is 13.0. The normalized spacial score (nSPS) is 14.6. The minimum atomic E-state index is -0.648. The molecule has 0 radical (unpaired) electrons. The van der Waals surface area contributed by atoms with E-state index in [0.29, 0.717) is 22.3 Å². The Morgan fingerprint density at radius 2 is 1.88 bits per heavy atom. The molecule has 0 bridgehead atoms. The Morgan fingerprint density at radius 3 is 2.50 bits per heavy atom. The molecule has 1 aliphatic rings. The van der Waals surface area contributed by atoms with Gasteiger partial charge in [-0.2, -0.15) is 0 Å². The van der Waals surface area contributed by atoms with Gasteiger partial charge in [-0.25, -0.2) is 0 Å². The summed E-state index contributed by atoms with van der Waals surface area (Å²) in [6, 6.07) is 13.2. The number of halogens is 2. The number of hydrogen-bond donors (Lipinski definition) is 0. The number of amides is 1. The van der Waals surface area contributed by atoms with E-state index in [1.165, 1.54) is 0 Å². The molecule has 1 amide bonds. The van der Waals surface area contributed by atoms with Crippen molar-refractivity contribution >= 4 is 29.1 Å². The van der Waals surface area contributed by atoms with Crippen molar-refractivity contribution < 1.29 is 14.3 Å². The number of hydrogen-bond acceptors (Lipinski definition) is 3. The van der Waals surface area contributed by atoms with Gasteiger partial charge in [-0.15, -0.1) is 0 Å². The molecule has 1 saturated carbocycles. The van der Waals surface area contributed by atoms with Gasteiger partial charge in [0, 0.05) is 12.6 Å². The first kappa shape index (κ1) is 18.9. The Labute approximate surface area is 163 Å². The predicted octanol–water partition coefficient (Wildman–Crippen LogP) is 4.96. The number of ether oxygens (including phenoxy) is 2. The van der Waals surface area contributed by atoms with Crippen LogP contribution >= 0.6 is 23.2 Å². The van der Waals surface area contributed by atoms with Crippen molar-refractivity contribution in [2.45, 2.75) is 38.5 Å². The van der Waals surface area contributed by atoms with E-state index in [-0.39, 0.29) is 11.9 Å². The molecule has 138 valence electrons. The molecule has 0 saturated heterocycles. The largest absolute Gasteiger partial charge is 0.497 e. The summed E-state index contributed by atoms with van der Waals surface area (Å²) in [7, 11) is 1.63. The second-order valence-corrected chi connectivity index (χ2v) is 7.14. The molecule has 3 rings (SSSR count). The monoisotopic (exact) mass is 393 g/mol. The molecular formula is C20H21Cl2NO3. The molecule has 4 nitrogen and oxygen atoms in total. The van der Waals surface area contributed by atoms with Crippen LogP contribution in [-0.4, -0.2) is 30.1 Å². The highest BCUT2D eigenvalue weighted by Crippen LogP contribution is 2.33. The summed E-state index contributed by atoms with van der Waals surface area (Å²) >= 11 is 12.2. The molecule has 1 atom stereocenters. The highest BCUT2D eigenvalue weighted by molar-refractivity contribution is 6.42. The van der Waals surface area contributed by atoms with Gasteiger partial charge >= 0.3 is 0 Å². The van der Waals surface area contributed by atoms with Crippen molar-refractivity contribution in [1.29, 1.82) is 0 Å². The Morgan fingerprint density at radius 1 is 1.19 bits per heavy atom. The molecule has 0 spiro atoms. The average molecular weight is 394 g/mol. The van der Waals surface area contributed by atoms with E-state index < -0.39 is 6.10 Å². The first-order valence-electron chi connectivity index (χ1n) is 8.53. The van der Waals surface area contributed by atoms with Crippen LogP contribution in [0.15, 0.2) is 42.5 Å². The van der Waals surface area contributed by atoms with Crippen molar-refractivity contribution in [3.63, 3.8) is 0 Å². The summed E-state index contributed by atoms with van der Waals surface area (Å²) < 4.78 is 11.0. The van der Waals surface area contributed by atoms with Gasteiger partial charge in [0.1, 0.15) is 16.5 Å². The fourth-order valence-corrected chi connectivity index (χ4v) is 3.09. The van der Waals surface area contributed by atoms with Gasteiger partial charge in [0.15, 0.2) is 6.10 Å². The highest BCUT2D eigenvalue weighted by atomic mass is 35.5. The van der Waals surface area contributed by atoms with Gasteiger partial charge in [-0.1, -0.05) is 41.4 Å². The van der Waals surface area contributed by atoms with Crippen LogP contribution in [0.2, 0.25) is 10.0 Å². The predicted molar refractivity (Wildman–Crippen MR) is 103 cm³/mol. The van der Waals surface area contributed by atoms with E-state index in [4.69, 9.17) is 32.7 Å². The van der Waals surface area contributed by atoms with Crippen molar-refractivity contribution in [3.8, 4) is 11.5 Å². The van der Waals surface area contributed by atoms with Gasteiger partial charge in [0.2, 0.25) is 0 Å². The summed E-state index contributed by atoms with van der Waals surface area (Å²) in [6.45, 7) is 2.29. The van der Waals surface area contributed by atoms with Crippen LogP contribution in [0.25, 0.3) is 0 Å². The molecule has 0 heterocycles. The Bertz CT molecular complexity index is 775. The first-order valence-corrected chi connectivity index (χ1v) is 9.29. The molecule has 1 fully saturated rings. The summed E-state index contributed by atoms with van der Waals surface area (Å²) in [4.78, 5) is 14.8. The second-order valence-electron chi connectivity index (χ2n) is 6.36. The lowest BCUT2D eigenvalue weighted by molar-refractivity contribution is -0.139. The molecule has 1 aliphatic carbocycles. The number of methoxy groups -OCH3 is 1. The van der Waals surface area contributed by atoms with Gasteiger partial charge < -0.3 is 14.4 Å². The standard InChI is InChI=1S/C20H21Cl2NO3/c1-13(26-18-5-3-4-17(21)19(18)22)20(24)23(15-8-9-15)12-14-6-10-16(25-2)11-7-14/h3-7,10-11,13,15H,8-9,12H2,1-2H3/t13-/m1/s1. The number of rotatable bonds is 7. The zero-order chi connectivity index (χ0) is 18.7. The van der Waals surface area contributed by atoms with E-state index in [9.17, 15) is 4.79 Å². The smallest absolute Gasteiger partial charge is 0.263 e. The van der Waals surface area contributed by atoms with Crippen molar-refractivity contribution in [2.75, 3.05) is 7.11 Å². The van der Waals surface area contributed by atoms with Crippen LogP contribution in [-0.2, 0) is 11.3 Å². The Hall–Kier alpha value is -1.91. The number of carbonyl (C=O) groups is 1. The molecule has 2 aromatic carbocycles. The van der Waals surface area contributed by atoms with Crippen molar-refractivity contribution in [1.82, 2.24) is 4.90 Å². The van der Waals surface area contributed by atoms with Crippen molar-refractivity contribution in [3.05, 3.63) is 58.1 Å². The van der Waals surface area contributed by atoms with Crippen LogP contribution in [0.3, 0.4) is 0 Å². The zero-order valence-electron chi connectivity index (χ0n) is 14.7. The van der Waals surface area contributed by atoms with Crippen molar-refractivity contribution in [2.24, 2.45) is 0 Å². The Kier molecular flexibility index (Phi) is 5.94. The van der Waals surface area contributed by atoms with E-state index in [0.717, 1.165) is 24.2 Å². The van der Waals surface area contributed by atoms with E-state index in [1.807, 2.05) is 29.2 Å². The highest BCUT2D eigenvalue weighted by Gasteiger charge is 2.35. The average Bonchev–Trinajstić information content (AvgIpc) is 3.48. The molecule has 0 unspecified atom stereocenters. The fourth-order valence-electron chi connectivity index (χ4n) is 2.75. The second kappa shape index (κ2) is 8.19. The van der Waals surface area contributed by atoms with E-state index in [2.05, 4.69) is 0 Å². The summed E-state index contributed by atoms with van der Waals surface area (Å²) in [6.07, 6.45) is 1.39. The van der Waals surface area contributed by atoms with E-state index >= 15 is 0 Å². The maximum Gasteiger partial charge on any atom is 0.263 e. The number of benzene rings is 2. The number of carbonyl (C=O) groups excluding carboxylic acids is 1. The SMILES string of the molecule is COc1ccc(CN(C(=O)[C@@H](C)Oc2cccc(Cl)c2Cl)C2CC2)cc1. The van der Waals surface area contributed by atoms with Crippen LogP contribution < -0.4 is 9.47 Å². The topological polar surface area (TPSA) is 38.8 Å². The fraction of sp³-hybridized carbons (Fsp3) is 0.350. The van der Waals surface area contributed by atoms with E-state index in [1.54, 1.807) is 32.2 Å². The van der Waals surface area contributed by atoms with Crippen LogP contribution in [0.4, 0.5) is 0 Å². The third-order valence-electron chi connectivity index (χ3n) is 4.35. The first-order chi connectivity index (χ1) is 12.5. The third-order valence-corrected chi connectivity index (χ3v) is 5.15. The quantitative estimate of drug-likeness (QED) is 0.666. The Balaban J connectivity index is 1.70. The minimum Gasteiger partial charge on any atom is -0.497 e. The summed E-state index contributed by atoms with van der Waals surface area (Å²) in [5.74, 6) is 1.16. The number of nitrogens with zero attached hydrogens (tertiary/aromatic N) is 1. The summed E-state index contributed by atoms with van der Waals surface area (Å²) in [5, 5.41) is 0.725. The van der Waals surface area contributed by atoms with Crippen LogP contribution in [0.5, 0.6) is 11.5 Å². The third kappa shape index (κ3) is 4.43. The summed E-state index contributed by atoms with van der Waals surface area (Å²) in [5.41, 5.74) is 1.05. The lowest BCUT2D eigenvalue weighted by Gasteiger charge is -2.26. The molecule has 0 aromatic heterocycles. The lowest BCUT2D eigenvalue weighted by atomic mass is 10.2. The zero-order valence-corrected chi connectivity index (χ0v) is 16.3. The van der Waals surface area contributed by atoms with Gasteiger partial charge in [-0.05, 0) is 49.6 Å². The molecule has 0 N–H and O–H groups in total.